The molecule has 18 nitrogen and oxygen atoms in total. The van der Waals surface area contributed by atoms with Crippen molar-refractivity contribution in [3.63, 3.8) is 0 Å². The number of phenols is 2. The summed E-state index contributed by atoms with van der Waals surface area (Å²) in [5.74, 6) is -8.57. The molecule has 6 rings (SSSR count). The molecule has 21 heteroatoms. The van der Waals surface area contributed by atoms with Gasteiger partial charge < -0.3 is 54.6 Å². The van der Waals surface area contributed by atoms with Crippen LogP contribution < -0.4 is 10.1 Å². The van der Waals surface area contributed by atoms with Crippen LogP contribution in [0.4, 0.5) is 13.2 Å². The van der Waals surface area contributed by atoms with E-state index >= 15 is 0 Å². The van der Waals surface area contributed by atoms with Gasteiger partial charge in [-0.1, -0.05) is 17.3 Å². The summed E-state index contributed by atoms with van der Waals surface area (Å²) in [6.07, 6.45) is -15.7. The normalized spacial score (nSPS) is 26.4. The van der Waals surface area contributed by atoms with Crippen molar-refractivity contribution in [1.29, 1.82) is 0 Å². The number of hydrogen-bond acceptors (Lipinski definition) is 17. The highest BCUT2D eigenvalue weighted by molar-refractivity contribution is 6.31. The summed E-state index contributed by atoms with van der Waals surface area (Å²) in [6.45, 7) is -0.873. The lowest BCUT2D eigenvalue weighted by atomic mass is 9.71. The molecule has 0 radical (unpaired) electrons. The number of phenolic OH excluding ortho intramolecular Hbond substituents is 2. The molecule has 4 unspecified atom stereocenters. The molecule has 1 saturated carbocycles. The average molecular weight is 809 g/mol. The maximum atomic E-state index is 14.0. The van der Waals surface area contributed by atoms with E-state index in [4.69, 9.17) is 23.8 Å². The van der Waals surface area contributed by atoms with Crippen LogP contribution >= 0.6 is 0 Å². The van der Waals surface area contributed by atoms with Gasteiger partial charge in [-0.05, 0) is 13.0 Å². The van der Waals surface area contributed by atoms with Crippen LogP contribution in [0.15, 0.2) is 23.4 Å². The molecular weight excluding hydrogens is 773 g/mol. The number of aromatic hydroxyl groups is 2. The second kappa shape index (κ2) is 15.5. The van der Waals surface area contributed by atoms with Gasteiger partial charge in [0.1, 0.15) is 34.7 Å². The summed E-state index contributed by atoms with van der Waals surface area (Å²) in [6, 6.07) is 2.45. The minimum absolute atomic E-state index is 0.0421. The predicted molar refractivity (Wildman–Crippen MR) is 179 cm³/mol. The Morgan fingerprint density at radius 2 is 1.70 bits per heavy atom. The van der Waals surface area contributed by atoms with Crippen LogP contribution in [0.1, 0.15) is 81.7 Å². The number of amides is 1. The molecule has 2 fully saturated rings. The van der Waals surface area contributed by atoms with E-state index in [1.165, 1.54) is 32.2 Å². The van der Waals surface area contributed by atoms with Crippen LogP contribution in [0.3, 0.4) is 0 Å². The van der Waals surface area contributed by atoms with E-state index in [2.05, 4.69) is 5.16 Å². The number of halogens is 3. The molecule has 0 bridgehead atoms. The SMILES string of the molecule is COc1cccc2c1C(=O)c1c(O)c3c(c(O)c1C2=O)C[C@@](O)(C(CO)=NOCC(=O)OC1C(=O)CCC1=O)C[C@@H]3OC1CC(NC(=O)C(F)(F)F)C(O)C(C)O1. The van der Waals surface area contributed by atoms with Crippen LogP contribution in [-0.4, -0.2) is 129 Å². The van der Waals surface area contributed by atoms with Gasteiger partial charge in [0.15, 0.2) is 23.6 Å². The number of hydrogen-bond donors (Lipinski definition) is 6. The van der Waals surface area contributed by atoms with Crippen LogP contribution in [-0.2, 0) is 44.6 Å². The van der Waals surface area contributed by atoms with Crippen molar-refractivity contribution in [2.75, 3.05) is 20.3 Å². The Labute approximate surface area is 319 Å². The number of aliphatic hydroxyl groups excluding tert-OH is 2. The average Bonchev–Trinajstić information content (AvgIpc) is 3.46. The first-order valence-electron chi connectivity index (χ1n) is 17.3. The van der Waals surface area contributed by atoms with Gasteiger partial charge in [0.05, 0.1) is 48.7 Å². The number of alkyl halides is 3. The van der Waals surface area contributed by atoms with Gasteiger partial charge in [-0.15, -0.1) is 0 Å². The number of ketones is 4. The second-order valence-corrected chi connectivity index (χ2v) is 13.8. The molecule has 0 spiro atoms. The molecule has 0 aromatic heterocycles. The third-order valence-electron chi connectivity index (χ3n) is 10.2. The maximum Gasteiger partial charge on any atom is 0.471 e. The van der Waals surface area contributed by atoms with Crippen LogP contribution in [0.5, 0.6) is 17.2 Å². The Hall–Kier alpha value is -5.48. The third-order valence-corrected chi connectivity index (χ3v) is 10.2. The summed E-state index contributed by atoms with van der Waals surface area (Å²) in [5, 5.41) is 61.8. The topological polar surface area (TPSA) is 274 Å². The number of rotatable bonds is 10. The van der Waals surface area contributed by atoms with Crippen molar-refractivity contribution in [3.05, 3.63) is 51.6 Å². The highest BCUT2D eigenvalue weighted by Crippen LogP contribution is 2.52. The lowest BCUT2D eigenvalue weighted by molar-refractivity contribution is -0.249. The molecule has 1 heterocycles. The summed E-state index contributed by atoms with van der Waals surface area (Å²) in [5.41, 5.74) is -5.69. The first-order valence-corrected chi connectivity index (χ1v) is 17.3. The van der Waals surface area contributed by atoms with Gasteiger partial charge >= 0.3 is 18.1 Å². The molecule has 1 amide bonds. The first-order chi connectivity index (χ1) is 26.8. The number of Topliss-reactive ketones (excluding diaryl/α,β-unsaturated/α-hetero) is 2. The Balaban J connectivity index is 1.39. The fraction of sp³-hybridized carbons (Fsp3) is 0.472. The highest BCUT2D eigenvalue weighted by Gasteiger charge is 2.51. The molecule has 2 aromatic rings. The number of nitrogens with one attached hydrogen (secondary N) is 1. The Morgan fingerprint density at radius 3 is 2.33 bits per heavy atom. The molecule has 4 aliphatic rings. The number of oxime groups is 1. The zero-order valence-electron chi connectivity index (χ0n) is 30.0. The molecule has 6 atom stereocenters. The van der Waals surface area contributed by atoms with Crippen molar-refractivity contribution < 1.29 is 91.3 Å². The second-order valence-electron chi connectivity index (χ2n) is 13.8. The van der Waals surface area contributed by atoms with E-state index < -0.39 is 150 Å². The highest BCUT2D eigenvalue weighted by atomic mass is 19.4. The number of carbonyl (C=O) groups is 6. The van der Waals surface area contributed by atoms with Gasteiger partial charge in [-0.2, -0.15) is 13.2 Å². The van der Waals surface area contributed by atoms with Gasteiger partial charge in [0.25, 0.3) is 0 Å². The molecule has 6 N–H and O–H groups in total. The lowest BCUT2D eigenvalue weighted by Crippen LogP contribution is -2.57. The summed E-state index contributed by atoms with van der Waals surface area (Å²) in [7, 11) is 1.23. The monoisotopic (exact) mass is 808 g/mol. The largest absolute Gasteiger partial charge is 0.507 e. The molecule has 1 saturated heterocycles. The van der Waals surface area contributed by atoms with Gasteiger partial charge in [-0.3, -0.25) is 24.0 Å². The van der Waals surface area contributed by atoms with E-state index in [1.54, 1.807) is 5.32 Å². The number of ether oxygens (including phenoxy) is 4. The van der Waals surface area contributed by atoms with Crippen molar-refractivity contribution in [3.8, 4) is 17.2 Å². The molecule has 1 aliphatic heterocycles. The minimum Gasteiger partial charge on any atom is -0.507 e. The summed E-state index contributed by atoms with van der Waals surface area (Å²) in [4.78, 5) is 80.7. The van der Waals surface area contributed by atoms with Crippen molar-refractivity contribution >= 4 is 40.7 Å². The molecule has 3 aliphatic carbocycles. The van der Waals surface area contributed by atoms with Crippen LogP contribution in [0.2, 0.25) is 0 Å². The number of carbonyl (C=O) groups excluding carboxylic acids is 6. The molecule has 306 valence electrons. The molecular formula is C36H35F3N2O16. The smallest absolute Gasteiger partial charge is 0.471 e. The van der Waals surface area contributed by atoms with Crippen molar-refractivity contribution in [2.45, 2.75) is 87.6 Å². The third kappa shape index (κ3) is 7.55. The van der Waals surface area contributed by atoms with Crippen molar-refractivity contribution in [1.82, 2.24) is 5.32 Å². The Bertz CT molecular complexity index is 2070. The number of methoxy groups -OCH3 is 1. The number of aliphatic hydroxyl groups is 3. The van der Waals surface area contributed by atoms with Crippen LogP contribution in [0.25, 0.3) is 0 Å². The zero-order chi connectivity index (χ0) is 41.7. The standard InChI is InChI=1S/C36H35F3N2O16/c1-13-28(46)16(40-34(51)36(37,38)39)8-23(55-13)56-20-10-35(52,21(11-42)41-54-12-22(45)57-33-17(43)6-7-18(33)44)9-15-25(20)32(50)27-26(30(15)48)29(47)14-4-3-5-19(53-2)24(14)31(27)49/h3-5,13,16,20,23,28,33,42,46,48,50,52H,6-12H2,1-2H3,(H,40,51)/t13?,16?,20-,23?,28?,35-/m0/s1. The quantitative estimate of drug-likeness (QED) is 0.0531. The first kappa shape index (κ1) is 41.2. The van der Waals surface area contributed by atoms with E-state index in [-0.39, 0.29) is 35.3 Å². The number of nitrogens with zero attached hydrogens (tertiary/aromatic N) is 1. The number of benzene rings is 2. The van der Waals surface area contributed by atoms with Gasteiger partial charge in [0, 0.05) is 48.8 Å². The van der Waals surface area contributed by atoms with Gasteiger partial charge in [0.2, 0.25) is 18.5 Å². The zero-order valence-corrected chi connectivity index (χ0v) is 30.0. The Morgan fingerprint density at radius 1 is 1.04 bits per heavy atom. The van der Waals surface area contributed by atoms with E-state index in [1.807, 2.05) is 0 Å². The number of esters is 1. The molecule has 57 heavy (non-hydrogen) atoms. The van der Waals surface area contributed by atoms with E-state index in [9.17, 15) is 67.5 Å². The fourth-order valence-electron chi connectivity index (χ4n) is 7.38. The maximum absolute atomic E-state index is 14.0. The van der Waals surface area contributed by atoms with E-state index in [0.29, 0.717) is 0 Å². The summed E-state index contributed by atoms with van der Waals surface area (Å²) >= 11 is 0. The Kier molecular flexibility index (Phi) is 11.2. The fourth-order valence-corrected chi connectivity index (χ4v) is 7.38. The predicted octanol–water partition coefficient (Wildman–Crippen LogP) is 0.368. The van der Waals surface area contributed by atoms with Gasteiger partial charge in [-0.25, -0.2) is 4.79 Å². The summed E-state index contributed by atoms with van der Waals surface area (Å²) < 4.78 is 61.3. The molecule has 2 aromatic carbocycles. The minimum atomic E-state index is -5.33. The van der Waals surface area contributed by atoms with E-state index in [0.717, 1.165) is 0 Å². The van der Waals surface area contributed by atoms with Crippen LogP contribution in [0, 0.1) is 0 Å². The van der Waals surface area contributed by atoms with Crippen molar-refractivity contribution in [2.24, 2.45) is 5.16 Å². The lowest BCUT2D eigenvalue weighted by Gasteiger charge is -2.43. The number of fused-ring (bicyclic) bond motifs is 3.